The molecule has 23 heteroatoms. The molecule has 2 aliphatic heterocycles. The Morgan fingerprint density at radius 3 is 2.18 bits per heavy atom. The van der Waals surface area contributed by atoms with E-state index in [0.717, 1.165) is 45.7 Å². The van der Waals surface area contributed by atoms with Crippen molar-refractivity contribution in [1.29, 1.82) is 0 Å². The zero-order valence-electron chi connectivity index (χ0n) is 44.7. The van der Waals surface area contributed by atoms with E-state index in [0.29, 0.717) is 50.8 Å². The number of hydrogen-bond donors (Lipinski definition) is 4. The molecule has 2 unspecified atom stereocenters. The van der Waals surface area contributed by atoms with Gasteiger partial charge in [-0.15, -0.1) is 11.3 Å². The number of amides is 4. The Bertz CT molecular complexity index is 2810. The van der Waals surface area contributed by atoms with Crippen molar-refractivity contribution in [2.45, 2.75) is 104 Å². The molecule has 2 fully saturated rings. The summed E-state index contributed by atoms with van der Waals surface area (Å²) in [5.74, 6) is -1.32. The summed E-state index contributed by atoms with van der Waals surface area (Å²) in [5, 5.41) is 21.1. The number of thiazole rings is 1. The number of piperidine rings is 1. The number of nitrogens with zero attached hydrogens (tertiary/aromatic N) is 6. The number of carbonyl (C=O) groups is 4. The Balaban J connectivity index is 0.706. The van der Waals surface area contributed by atoms with Crippen LogP contribution < -0.4 is 21.1 Å². The van der Waals surface area contributed by atoms with Crippen LogP contribution in [-0.2, 0) is 44.7 Å². The number of β-amino-alcohol motifs (C(OH)–C–C–N with tert-alkyl or cyclic N) is 1. The number of nitrogens with two attached hydrogens (primary N) is 1. The number of nitrogen functional groups attached to an aromatic ring is 1. The van der Waals surface area contributed by atoms with Crippen molar-refractivity contribution in [2.75, 3.05) is 78.2 Å². The van der Waals surface area contributed by atoms with Gasteiger partial charge < -0.3 is 55.0 Å². The number of aliphatic hydroxyl groups is 1. The zero-order valence-corrected chi connectivity index (χ0v) is 47.0. The van der Waals surface area contributed by atoms with Crippen LogP contribution in [0, 0.1) is 18.2 Å². The number of rotatable bonds is 26. The highest BCUT2D eigenvalue weighted by Gasteiger charge is 2.44. The summed E-state index contributed by atoms with van der Waals surface area (Å²) in [6, 6.07) is 10.5. The lowest BCUT2D eigenvalue weighted by Gasteiger charge is -2.35. The number of carbonyl (C=O) groups excluding carboxylic acids is 4. The maximum atomic E-state index is 14.2. The summed E-state index contributed by atoms with van der Waals surface area (Å²) in [6.45, 7) is 12.9. The fraction of sp³-hybridized carbons (Fsp3) is 0.509. The van der Waals surface area contributed by atoms with E-state index in [-0.39, 0.29) is 98.4 Å². The molecule has 0 saturated carbocycles. The van der Waals surface area contributed by atoms with Crippen LogP contribution in [0.2, 0.25) is 10.0 Å². The number of halogens is 3. The van der Waals surface area contributed by atoms with Crippen LogP contribution in [0.4, 0.5) is 10.2 Å². The molecule has 422 valence electrons. The smallest absolute Gasteiger partial charge is 0.246 e. The van der Waals surface area contributed by atoms with Crippen molar-refractivity contribution < 1.29 is 52.4 Å². The van der Waals surface area contributed by atoms with Crippen LogP contribution in [-0.4, -0.2) is 149 Å². The van der Waals surface area contributed by atoms with Gasteiger partial charge in [-0.2, -0.15) is 5.10 Å². The minimum Gasteiger partial charge on any atom is -0.482 e. The topological polar surface area (TPSA) is 235 Å². The van der Waals surface area contributed by atoms with Gasteiger partial charge >= 0.3 is 0 Å². The molecule has 0 spiro atoms. The molecule has 0 aliphatic carbocycles. The molecule has 5 aromatic rings. The molecule has 19 nitrogen and oxygen atoms in total. The number of aromatic nitrogens is 4. The van der Waals surface area contributed by atoms with Gasteiger partial charge in [0, 0.05) is 73.1 Å². The summed E-state index contributed by atoms with van der Waals surface area (Å²) in [4.78, 5) is 66.3. The lowest BCUT2D eigenvalue weighted by atomic mass is 9.85. The van der Waals surface area contributed by atoms with Crippen LogP contribution in [0.15, 0.2) is 66.6 Å². The van der Waals surface area contributed by atoms with E-state index in [1.54, 1.807) is 36.7 Å². The molecule has 2 aromatic carbocycles. The highest BCUT2D eigenvalue weighted by molar-refractivity contribution is 7.13. The van der Waals surface area contributed by atoms with E-state index in [2.05, 4.69) is 25.7 Å². The predicted octanol–water partition coefficient (Wildman–Crippen LogP) is 7.36. The third kappa shape index (κ3) is 16.4. The summed E-state index contributed by atoms with van der Waals surface area (Å²) in [7, 11) is 0. The van der Waals surface area contributed by atoms with E-state index in [9.17, 15) is 28.7 Å². The van der Waals surface area contributed by atoms with Crippen molar-refractivity contribution in [2.24, 2.45) is 5.41 Å². The number of pyridine rings is 1. The monoisotopic (exact) mass is 1140 g/mol. The third-order valence-corrected chi connectivity index (χ3v) is 15.3. The fourth-order valence-electron chi connectivity index (χ4n) is 9.20. The second-order valence-electron chi connectivity index (χ2n) is 20.3. The van der Waals surface area contributed by atoms with Gasteiger partial charge in [-0.3, -0.25) is 23.9 Å². The number of aryl methyl sites for hydroxylation is 1. The predicted molar refractivity (Wildman–Crippen MR) is 294 cm³/mol. The van der Waals surface area contributed by atoms with Crippen LogP contribution >= 0.6 is 34.5 Å². The number of ether oxygens (including phenoxy) is 5. The molecule has 7 rings (SSSR count). The van der Waals surface area contributed by atoms with Crippen LogP contribution in [0.5, 0.6) is 5.75 Å². The van der Waals surface area contributed by atoms with Crippen molar-refractivity contribution in [1.82, 2.24) is 40.2 Å². The SMILES string of the molecule is Cc1ncsc1-c1ccc(CNC(=O)[C@@H]2C[C@@H](O)CN2C(=O)C(NC(=O)CCOCCOCCOCCOCCC(=O)N2CCC(n3cc(-c4cnc(N)c(OC(C)c5c(Cl)ccc(F)c5Cl)c4)cn3)CC2)C(C)(C)C)cc1. The molecule has 2 saturated heterocycles. The standard InChI is InChI=1S/C55H70Cl2FN9O10S/c1-34-50(78-33-62-34)37-8-6-36(7-9-37)28-61-53(71)44-27-41(68)32-66(44)54(72)51(55(3,4)5)64-46(69)14-18-73-20-22-75-24-25-76-23-21-74-19-15-47(70)65-16-12-40(13-17-65)67-31-39(30-63-67)38-26-45(52(59)60-29-38)77-35(2)48-42(56)10-11-43(58)49(48)57/h6-11,26,29-31,33,35,40-41,44,51,68H,12-25,27-28,32H2,1-5H3,(H2,59,60)(H,61,71)(H,64,69)/t35?,41-,44+,51?/m1/s1. The van der Waals surface area contributed by atoms with Gasteiger partial charge in [-0.05, 0) is 61.4 Å². The molecule has 3 aromatic heterocycles. The zero-order chi connectivity index (χ0) is 55.9. The molecular formula is C55H70Cl2FN9O10S. The molecule has 78 heavy (non-hydrogen) atoms. The molecule has 5 N–H and O–H groups in total. The molecule has 0 bridgehead atoms. The van der Waals surface area contributed by atoms with Gasteiger partial charge in [0.2, 0.25) is 23.6 Å². The molecule has 5 heterocycles. The van der Waals surface area contributed by atoms with Gasteiger partial charge in [-0.1, -0.05) is 68.2 Å². The number of benzene rings is 2. The average Bonchev–Trinajstić information content (AvgIpc) is 4.24. The van der Waals surface area contributed by atoms with Gasteiger partial charge in [-0.25, -0.2) is 14.4 Å². The fourth-order valence-corrected chi connectivity index (χ4v) is 10.7. The second kappa shape index (κ2) is 28.4. The minimum absolute atomic E-state index is 0.00926. The van der Waals surface area contributed by atoms with Crippen LogP contribution in [0.3, 0.4) is 0 Å². The summed E-state index contributed by atoms with van der Waals surface area (Å²) in [6.07, 6.45) is 5.55. The van der Waals surface area contributed by atoms with E-state index < -0.39 is 41.4 Å². The highest BCUT2D eigenvalue weighted by Crippen LogP contribution is 2.38. The maximum Gasteiger partial charge on any atom is 0.246 e. The minimum atomic E-state index is -0.944. The first-order valence-electron chi connectivity index (χ1n) is 26.1. The normalized spacial score (nSPS) is 16.8. The van der Waals surface area contributed by atoms with Gasteiger partial charge in [0.05, 0.1) is 98.7 Å². The van der Waals surface area contributed by atoms with Gasteiger partial charge in [0.25, 0.3) is 0 Å². The van der Waals surface area contributed by atoms with Crippen molar-refractivity contribution >= 4 is 64.0 Å². The first-order valence-corrected chi connectivity index (χ1v) is 27.7. The van der Waals surface area contributed by atoms with Crippen LogP contribution in [0.25, 0.3) is 21.6 Å². The first-order chi connectivity index (χ1) is 37.4. The third-order valence-electron chi connectivity index (χ3n) is 13.6. The highest BCUT2D eigenvalue weighted by atomic mass is 35.5. The van der Waals surface area contributed by atoms with E-state index in [4.69, 9.17) is 52.6 Å². The average molecular weight is 1140 g/mol. The summed E-state index contributed by atoms with van der Waals surface area (Å²) < 4.78 is 44.6. The van der Waals surface area contributed by atoms with Crippen molar-refractivity contribution in [3.63, 3.8) is 0 Å². The van der Waals surface area contributed by atoms with Crippen LogP contribution in [0.1, 0.15) is 88.8 Å². The maximum absolute atomic E-state index is 14.2. The Labute approximate surface area is 468 Å². The Morgan fingerprint density at radius 2 is 1.54 bits per heavy atom. The summed E-state index contributed by atoms with van der Waals surface area (Å²) in [5.41, 5.74) is 12.0. The molecule has 0 radical (unpaired) electrons. The number of hydrogen-bond acceptors (Lipinski definition) is 15. The molecule has 4 atom stereocenters. The van der Waals surface area contributed by atoms with E-state index >= 15 is 0 Å². The lowest BCUT2D eigenvalue weighted by Crippen LogP contribution is -2.57. The lowest BCUT2D eigenvalue weighted by molar-refractivity contribution is -0.144. The van der Waals surface area contributed by atoms with Crippen molar-refractivity contribution in [3.8, 4) is 27.3 Å². The van der Waals surface area contributed by atoms with Crippen molar-refractivity contribution in [3.05, 3.63) is 99.2 Å². The Hall–Kier alpha value is -5.78. The largest absolute Gasteiger partial charge is 0.482 e. The molecular weight excluding hydrogens is 1070 g/mol. The number of anilines is 1. The summed E-state index contributed by atoms with van der Waals surface area (Å²) >= 11 is 14.1. The van der Waals surface area contributed by atoms with E-state index in [1.807, 2.05) is 73.2 Å². The van der Waals surface area contributed by atoms with E-state index in [1.165, 1.54) is 17.0 Å². The van der Waals surface area contributed by atoms with Gasteiger partial charge in [0.1, 0.15) is 24.0 Å². The Kier molecular flexibility index (Phi) is 21.8. The molecule has 4 amide bonds. The number of nitrogens with one attached hydrogen (secondary N) is 2. The quantitative estimate of drug-likeness (QED) is 0.0313. The van der Waals surface area contributed by atoms with Gasteiger partial charge in [0.15, 0.2) is 11.6 Å². The first kappa shape index (κ1) is 59.9. The number of likely N-dealkylation sites (tertiary alicyclic amines) is 2. The Morgan fingerprint density at radius 1 is 0.885 bits per heavy atom. The molecule has 2 aliphatic rings. The number of aliphatic hydroxyl groups excluding tert-OH is 1. The second-order valence-corrected chi connectivity index (χ2v) is 22.0.